The molecule has 0 fully saturated rings. The van der Waals surface area contributed by atoms with Gasteiger partial charge in [-0.2, -0.15) is 0 Å². The lowest BCUT2D eigenvalue weighted by atomic mass is 10.1. The molecule has 0 aliphatic rings. The van der Waals surface area contributed by atoms with E-state index in [9.17, 15) is 18.0 Å². The van der Waals surface area contributed by atoms with Gasteiger partial charge < -0.3 is 10.2 Å². The summed E-state index contributed by atoms with van der Waals surface area (Å²) in [5, 5.41) is 3.89. The zero-order valence-corrected chi connectivity index (χ0v) is 23.8. The molecule has 2 rings (SSSR count). The number of carbonyl (C=O) groups excluding carboxylic acids is 2. The lowest BCUT2D eigenvalue weighted by Crippen LogP contribution is -2.49. The van der Waals surface area contributed by atoms with Crippen LogP contribution >= 0.6 is 23.2 Å². The minimum atomic E-state index is -3.61. The minimum Gasteiger partial charge on any atom is -0.352 e. The molecule has 0 bridgehead atoms. The van der Waals surface area contributed by atoms with Gasteiger partial charge in [0.05, 0.1) is 11.9 Å². The van der Waals surface area contributed by atoms with E-state index in [2.05, 4.69) is 5.32 Å². The van der Waals surface area contributed by atoms with Crippen LogP contribution < -0.4 is 9.62 Å². The van der Waals surface area contributed by atoms with E-state index in [4.69, 9.17) is 23.2 Å². The number of hydrogen-bond donors (Lipinski definition) is 1. The molecule has 36 heavy (non-hydrogen) atoms. The topological polar surface area (TPSA) is 86.8 Å². The van der Waals surface area contributed by atoms with Crippen molar-refractivity contribution >= 4 is 50.7 Å². The molecule has 10 heteroatoms. The molecule has 0 unspecified atom stereocenters. The molecule has 0 heterocycles. The van der Waals surface area contributed by atoms with Crippen LogP contribution in [0.3, 0.4) is 0 Å². The van der Waals surface area contributed by atoms with Gasteiger partial charge in [0, 0.05) is 35.6 Å². The minimum absolute atomic E-state index is 0.0264. The van der Waals surface area contributed by atoms with E-state index in [1.165, 1.54) is 9.21 Å². The van der Waals surface area contributed by atoms with Crippen molar-refractivity contribution < 1.29 is 18.0 Å². The number of carbonyl (C=O) groups is 2. The first kappa shape index (κ1) is 29.9. The second kappa shape index (κ2) is 13.3. The highest BCUT2D eigenvalue weighted by Gasteiger charge is 2.28. The molecular weight excluding hydrogens is 521 g/mol. The first-order valence-corrected chi connectivity index (χ1v) is 14.5. The maximum absolute atomic E-state index is 13.4. The summed E-state index contributed by atoms with van der Waals surface area (Å²) in [4.78, 5) is 27.7. The normalized spacial score (nSPS) is 13.1. The van der Waals surface area contributed by atoms with Crippen LogP contribution in [0.25, 0.3) is 0 Å². The molecule has 0 aliphatic heterocycles. The second-order valence-corrected chi connectivity index (χ2v) is 11.7. The van der Waals surface area contributed by atoms with Crippen LogP contribution in [0.5, 0.6) is 0 Å². The Bertz CT molecular complexity index is 1170. The first-order chi connectivity index (χ1) is 16.9. The zero-order chi connectivity index (χ0) is 27.0. The van der Waals surface area contributed by atoms with Gasteiger partial charge in [-0.15, -0.1) is 0 Å². The number of hydrogen-bond acceptors (Lipinski definition) is 4. The van der Waals surface area contributed by atoms with Crippen molar-refractivity contribution in [2.45, 2.75) is 65.6 Å². The van der Waals surface area contributed by atoms with Crippen molar-refractivity contribution in [2.24, 2.45) is 0 Å². The van der Waals surface area contributed by atoms with Gasteiger partial charge in [-0.05, 0) is 62.9 Å². The number of amides is 2. The summed E-state index contributed by atoms with van der Waals surface area (Å²) >= 11 is 12.5. The van der Waals surface area contributed by atoms with Crippen LogP contribution in [0, 0.1) is 6.92 Å². The molecule has 0 aliphatic carbocycles. The Hall–Kier alpha value is -2.29. The number of anilines is 1. The van der Waals surface area contributed by atoms with E-state index in [0.717, 1.165) is 18.2 Å². The summed E-state index contributed by atoms with van der Waals surface area (Å²) in [5.41, 5.74) is 1.85. The van der Waals surface area contributed by atoms with E-state index in [1.807, 2.05) is 26.0 Å². The summed E-state index contributed by atoms with van der Waals surface area (Å²) in [6.45, 7) is 7.57. The van der Waals surface area contributed by atoms with E-state index in [0.29, 0.717) is 21.3 Å². The molecule has 7 nitrogen and oxygen atoms in total. The number of halogens is 2. The van der Waals surface area contributed by atoms with Gasteiger partial charge in [-0.25, -0.2) is 8.42 Å². The third-order valence-corrected chi connectivity index (χ3v) is 8.08. The Morgan fingerprint density at radius 2 is 1.67 bits per heavy atom. The predicted molar refractivity (Wildman–Crippen MR) is 147 cm³/mol. The molecule has 198 valence electrons. The van der Waals surface area contributed by atoms with E-state index in [1.54, 1.807) is 44.2 Å². The van der Waals surface area contributed by atoms with Gasteiger partial charge in [-0.3, -0.25) is 13.9 Å². The molecule has 0 saturated heterocycles. The van der Waals surface area contributed by atoms with Crippen molar-refractivity contribution in [3.63, 3.8) is 0 Å². The van der Waals surface area contributed by atoms with Crippen LogP contribution in [0.4, 0.5) is 5.69 Å². The summed E-state index contributed by atoms with van der Waals surface area (Å²) in [6, 6.07) is 11.5. The molecule has 1 N–H and O–H groups in total. The van der Waals surface area contributed by atoms with E-state index in [-0.39, 0.29) is 43.8 Å². The summed E-state index contributed by atoms with van der Waals surface area (Å²) in [6.07, 6.45) is 2.20. The molecule has 0 radical (unpaired) electrons. The number of benzene rings is 2. The second-order valence-electron chi connectivity index (χ2n) is 8.93. The Balaban J connectivity index is 2.22. The predicted octanol–water partition coefficient (Wildman–Crippen LogP) is 5.18. The third-order valence-electron chi connectivity index (χ3n) is 6.13. The van der Waals surface area contributed by atoms with Crippen LogP contribution in [0.2, 0.25) is 10.0 Å². The average molecular weight is 557 g/mol. The number of rotatable bonds is 12. The standard InChI is InChI=1S/C26H35Cl2N3O4S/c1-6-18(2)29-26(33)20(4)30(17-21-11-7-8-12-23(21)28)25(32)15-10-16-31(36(5,34)35)24-14-9-13-22(27)19(24)3/h7-9,11-14,18,20H,6,10,15-17H2,1-5H3,(H,29,33)/t18-,20+/m1/s1. The molecule has 2 aromatic rings. The van der Waals surface area contributed by atoms with Crippen LogP contribution in [-0.4, -0.2) is 50.0 Å². The van der Waals surface area contributed by atoms with Crippen molar-refractivity contribution in [3.8, 4) is 0 Å². The molecule has 0 aromatic heterocycles. The zero-order valence-electron chi connectivity index (χ0n) is 21.4. The van der Waals surface area contributed by atoms with E-state index >= 15 is 0 Å². The SMILES string of the molecule is CC[C@@H](C)NC(=O)[C@H](C)N(Cc1ccccc1Cl)C(=O)CCCN(c1cccc(Cl)c1C)S(C)(=O)=O. The molecule has 2 atom stereocenters. The fraction of sp³-hybridized carbons (Fsp3) is 0.462. The third kappa shape index (κ3) is 8.11. The van der Waals surface area contributed by atoms with Crippen LogP contribution in [0.1, 0.15) is 51.2 Å². The summed E-state index contributed by atoms with van der Waals surface area (Å²) in [7, 11) is -3.61. The Labute approximate surface area is 224 Å². The van der Waals surface area contributed by atoms with Gasteiger partial charge in [-0.1, -0.05) is 54.4 Å². The highest BCUT2D eigenvalue weighted by atomic mass is 35.5. The molecule has 0 spiro atoms. The fourth-order valence-corrected chi connectivity index (χ4v) is 5.09. The molecule has 2 aromatic carbocycles. The maximum Gasteiger partial charge on any atom is 0.242 e. The lowest BCUT2D eigenvalue weighted by molar-refractivity contribution is -0.140. The number of nitrogens with one attached hydrogen (secondary N) is 1. The van der Waals surface area contributed by atoms with Crippen LogP contribution in [-0.2, 0) is 26.2 Å². The van der Waals surface area contributed by atoms with Gasteiger partial charge in [0.1, 0.15) is 6.04 Å². The highest BCUT2D eigenvalue weighted by Crippen LogP contribution is 2.28. The Morgan fingerprint density at radius 1 is 1.03 bits per heavy atom. The van der Waals surface area contributed by atoms with Crippen LogP contribution in [0.15, 0.2) is 42.5 Å². The Morgan fingerprint density at radius 3 is 2.28 bits per heavy atom. The first-order valence-electron chi connectivity index (χ1n) is 11.9. The quantitative estimate of drug-likeness (QED) is 0.391. The molecular formula is C26H35Cl2N3O4S. The molecule has 0 saturated carbocycles. The average Bonchev–Trinajstić information content (AvgIpc) is 2.82. The largest absolute Gasteiger partial charge is 0.352 e. The highest BCUT2D eigenvalue weighted by molar-refractivity contribution is 7.92. The number of nitrogens with zero attached hydrogens (tertiary/aromatic N) is 2. The smallest absolute Gasteiger partial charge is 0.242 e. The van der Waals surface area contributed by atoms with Crippen molar-refractivity contribution in [3.05, 3.63) is 63.6 Å². The van der Waals surface area contributed by atoms with E-state index < -0.39 is 16.1 Å². The van der Waals surface area contributed by atoms with Gasteiger partial charge in [0.25, 0.3) is 0 Å². The Kier molecular flexibility index (Phi) is 11.1. The molecule has 2 amide bonds. The van der Waals surface area contributed by atoms with Gasteiger partial charge >= 0.3 is 0 Å². The monoisotopic (exact) mass is 555 g/mol. The van der Waals surface area contributed by atoms with Crippen molar-refractivity contribution in [1.82, 2.24) is 10.2 Å². The summed E-state index contributed by atoms with van der Waals surface area (Å²) < 4.78 is 26.3. The maximum atomic E-state index is 13.4. The number of sulfonamides is 1. The van der Waals surface area contributed by atoms with Crippen molar-refractivity contribution in [2.75, 3.05) is 17.1 Å². The van der Waals surface area contributed by atoms with Gasteiger partial charge in [0.15, 0.2) is 0 Å². The fourth-order valence-electron chi connectivity index (χ4n) is 3.71. The lowest BCUT2D eigenvalue weighted by Gasteiger charge is -2.30. The summed E-state index contributed by atoms with van der Waals surface area (Å²) in [5.74, 6) is -0.518. The van der Waals surface area contributed by atoms with Crippen molar-refractivity contribution in [1.29, 1.82) is 0 Å². The van der Waals surface area contributed by atoms with Gasteiger partial charge in [0.2, 0.25) is 21.8 Å².